The molecule has 3 aromatic rings. The van der Waals surface area contributed by atoms with E-state index in [1.54, 1.807) is 38.5 Å². The number of hydrogen-bond donors (Lipinski definition) is 0. The minimum Gasteiger partial charge on any atom is -0.493 e. The van der Waals surface area contributed by atoms with Gasteiger partial charge in [-0.1, -0.05) is 37.3 Å². The van der Waals surface area contributed by atoms with E-state index in [1.165, 1.54) is 7.11 Å². The van der Waals surface area contributed by atoms with Crippen LogP contribution < -0.4 is 14.2 Å². The van der Waals surface area contributed by atoms with Gasteiger partial charge >= 0.3 is 5.97 Å². The van der Waals surface area contributed by atoms with Gasteiger partial charge in [-0.2, -0.15) is 0 Å². The SMILES string of the molecule is CC[C@@H](C(=O)N1CCc2cc(OC)c(OC)cc2[C@H]1COc1ccc(C(=O)OC)cc1)c1ccccc1. The summed E-state index contributed by atoms with van der Waals surface area (Å²) in [5, 5.41) is 0. The van der Waals surface area contributed by atoms with Gasteiger partial charge in [0.2, 0.25) is 5.91 Å². The molecule has 4 rings (SSSR count). The minimum atomic E-state index is -0.405. The van der Waals surface area contributed by atoms with Crippen LogP contribution in [0.15, 0.2) is 66.7 Å². The summed E-state index contributed by atoms with van der Waals surface area (Å²) in [6.45, 7) is 2.85. The molecular weight excluding hydrogens is 470 g/mol. The molecule has 1 amide bonds. The lowest BCUT2D eigenvalue weighted by Crippen LogP contribution is -2.44. The van der Waals surface area contributed by atoms with Crippen molar-refractivity contribution in [3.8, 4) is 17.2 Å². The van der Waals surface area contributed by atoms with Crippen LogP contribution in [0.5, 0.6) is 17.2 Å². The summed E-state index contributed by atoms with van der Waals surface area (Å²) in [6.07, 6.45) is 1.40. The van der Waals surface area contributed by atoms with Crippen molar-refractivity contribution in [1.29, 1.82) is 0 Å². The third kappa shape index (κ3) is 5.56. The number of fused-ring (bicyclic) bond motifs is 1. The molecule has 0 fully saturated rings. The van der Waals surface area contributed by atoms with E-state index >= 15 is 0 Å². The first kappa shape index (κ1) is 26.1. The van der Waals surface area contributed by atoms with Crippen LogP contribution in [0.3, 0.4) is 0 Å². The Morgan fingerprint density at radius 3 is 2.24 bits per heavy atom. The van der Waals surface area contributed by atoms with Gasteiger partial charge in [-0.25, -0.2) is 4.79 Å². The molecule has 0 saturated carbocycles. The van der Waals surface area contributed by atoms with Crippen molar-refractivity contribution in [2.45, 2.75) is 31.7 Å². The Kier molecular flexibility index (Phi) is 8.33. The van der Waals surface area contributed by atoms with E-state index in [1.807, 2.05) is 54.3 Å². The lowest BCUT2D eigenvalue weighted by molar-refractivity contribution is -0.136. The maximum atomic E-state index is 14.0. The van der Waals surface area contributed by atoms with Gasteiger partial charge < -0.3 is 23.8 Å². The predicted molar refractivity (Wildman–Crippen MR) is 140 cm³/mol. The van der Waals surface area contributed by atoms with Crippen molar-refractivity contribution in [3.05, 3.63) is 89.0 Å². The first-order chi connectivity index (χ1) is 18.0. The molecule has 0 aromatic heterocycles. The topological polar surface area (TPSA) is 74.3 Å². The zero-order valence-electron chi connectivity index (χ0n) is 21.7. The van der Waals surface area contributed by atoms with Crippen LogP contribution in [0.25, 0.3) is 0 Å². The molecule has 0 aliphatic carbocycles. The van der Waals surface area contributed by atoms with Gasteiger partial charge in [0.05, 0.1) is 38.9 Å². The number of benzene rings is 3. The van der Waals surface area contributed by atoms with Crippen molar-refractivity contribution in [1.82, 2.24) is 4.90 Å². The average Bonchev–Trinajstić information content (AvgIpc) is 2.95. The minimum absolute atomic E-state index is 0.0729. The normalized spacial score (nSPS) is 15.4. The van der Waals surface area contributed by atoms with E-state index in [0.717, 1.165) is 16.7 Å². The number of ether oxygens (including phenoxy) is 4. The number of amides is 1. The van der Waals surface area contributed by atoms with Crippen LogP contribution in [0.1, 0.15) is 52.4 Å². The van der Waals surface area contributed by atoms with Crippen molar-refractivity contribution in [2.24, 2.45) is 0 Å². The molecule has 7 heteroatoms. The Morgan fingerprint density at radius 1 is 0.946 bits per heavy atom. The summed E-state index contributed by atoms with van der Waals surface area (Å²) in [5.74, 6) is 1.29. The second-order valence-electron chi connectivity index (χ2n) is 8.90. The summed E-state index contributed by atoms with van der Waals surface area (Å²) in [7, 11) is 4.57. The maximum absolute atomic E-state index is 14.0. The molecule has 0 spiro atoms. The smallest absolute Gasteiger partial charge is 0.337 e. The molecule has 3 aromatic carbocycles. The lowest BCUT2D eigenvalue weighted by atomic mass is 9.89. The van der Waals surface area contributed by atoms with E-state index < -0.39 is 5.97 Å². The fourth-order valence-corrected chi connectivity index (χ4v) is 4.89. The third-order valence-corrected chi connectivity index (χ3v) is 6.88. The predicted octanol–water partition coefficient (Wildman–Crippen LogP) is 5.19. The van der Waals surface area contributed by atoms with Gasteiger partial charge in [-0.05, 0) is 65.9 Å². The Balaban J connectivity index is 1.66. The van der Waals surface area contributed by atoms with Crippen molar-refractivity contribution >= 4 is 11.9 Å². The van der Waals surface area contributed by atoms with Gasteiger partial charge in [-0.15, -0.1) is 0 Å². The molecule has 1 aliphatic rings. The van der Waals surface area contributed by atoms with Crippen LogP contribution in [0.4, 0.5) is 0 Å². The van der Waals surface area contributed by atoms with Gasteiger partial charge in [0.1, 0.15) is 12.4 Å². The molecule has 0 N–H and O–H groups in total. The first-order valence-electron chi connectivity index (χ1n) is 12.4. The third-order valence-electron chi connectivity index (χ3n) is 6.88. The molecule has 7 nitrogen and oxygen atoms in total. The van der Waals surface area contributed by atoms with E-state index in [9.17, 15) is 9.59 Å². The molecule has 1 heterocycles. The summed E-state index contributed by atoms with van der Waals surface area (Å²) in [5.41, 5.74) is 3.53. The summed E-state index contributed by atoms with van der Waals surface area (Å²) in [4.78, 5) is 27.7. The number of carbonyl (C=O) groups excluding carboxylic acids is 2. The van der Waals surface area contributed by atoms with E-state index in [0.29, 0.717) is 42.2 Å². The number of rotatable bonds is 9. The Labute approximate surface area is 217 Å². The second kappa shape index (κ2) is 11.8. The number of nitrogens with zero attached hydrogens (tertiary/aromatic N) is 1. The zero-order chi connectivity index (χ0) is 26.4. The van der Waals surface area contributed by atoms with Crippen molar-refractivity contribution < 1.29 is 28.5 Å². The quantitative estimate of drug-likeness (QED) is 0.374. The summed E-state index contributed by atoms with van der Waals surface area (Å²) in [6, 6.07) is 20.3. The molecule has 37 heavy (non-hydrogen) atoms. The maximum Gasteiger partial charge on any atom is 0.337 e. The fraction of sp³-hybridized carbons (Fsp3) is 0.333. The van der Waals surface area contributed by atoms with Crippen LogP contribution in [-0.4, -0.2) is 51.3 Å². The second-order valence-corrected chi connectivity index (χ2v) is 8.90. The van der Waals surface area contributed by atoms with E-state index in [-0.39, 0.29) is 24.5 Å². The number of hydrogen-bond acceptors (Lipinski definition) is 6. The molecule has 0 radical (unpaired) electrons. The highest BCUT2D eigenvalue weighted by Gasteiger charge is 2.36. The highest BCUT2D eigenvalue weighted by molar-refractivity contribution is 5.89. The Bertz CT molecular complexity index is 1220. The number of methoxy groups -OCH3 is 3. The fourth-order valence-electron chi connectivity index (χ4n) is 4.89. The van der Waals surface area contributed by atoms with Crippen LogP contribution >= 0.6 is 0 Å². The van der Waals surface area contributed by atoms with Gasteiger partial charge in [-0.3, -0.25) is 4.79 Å². The largest absolute Gasteiger partial charge is 0.493 e. The number of esters is 1. The van der Waals surface area contributed by atoms with Crippen LogP contribution in [0.2, 0.25) is 0 Å². The van der Waals surface area contributed by atoms with E-state index in [4.69, 9.17) is 18.9 Å². The molecule has 2 atom stereocenters. The lowest BCUT2D eigenvalue weighted by Gasteiger charge is -2.39. The van der Waals surface area contributed by atoms with Gasteiger partial charge in [0, 0.05) is 6.54 Å². The Morgan fingerprint density at radius 2 is 1.62 bits per heavy atom. The van der Waals surface area contributed by atoms with Crippen LogP contribution in [-0.2, 0) is 16.0 Å². The average molecular weight is 504 g/mol. The van der Waals surface area contributed by atoms with Crippen LogP contribution in [0, 0.1) is 0 Å². The molecule has 0 saturated heterocycles. The standard InChI is InChI=1S/C30H33NO6/c1-5-24(20-9-7-6-8-10-20)29(32)31-16-15-22-17-27(34-2)28(35-3)18-25(22)26(31)19-37-23-13-11-21(12-14-23)30(33)36-4/h6-14,17-18,24,26H,5,15-16,19H2,1-4H3/t24-,26-/m1/s1. The Hall–Kier alpha value is -4.00. The highest BCUT2D eigenvalue weighted by Crippen LogP contribution is 2.40. The molecule has 194 valence electrons. The highest BCUT2D eigenvalue weighted by atomic mass is 16.5. The summed E-state index contributed by atoms with van der Waals surface area (Å²) < 4.78 is 22.1. The molecule has 1 aliphatic heterocycles. The van der Waals surface area contributed by atoms with Gasteiger partial charge in [0.25, 0.3) is 0 Å². The zero-order valence-corrected chi connectivity index (χ0v) is 21.7. The molecule has 0 bridgehead atoms. The van der Waals surface area contributed by atoms with Crippen molar-refractivity contribution in [3.63, 3.8) is 0 Å². The van der Waals surface area contributed by atoms with Crippen molar-refractivity contribution in [2.75, 3.05) is 34.5 Å². The molecule has 0 unspecified atom stereocenters. The molecular formula is C30H33NO6. The number of carbonyl (C=O) groups is 2. The monoisotopic (exact) mass is 503 g/mol. The first-order valence-corrected chi connectivity index (χ1v) is 12.4. The van der Waals surface area contributed by atoms with Gasteiger partial charge in [0.15, 0.2) is 11.5 Å². The van der Waals surface area contributed by atoms with E-state index in [2.05, 4.69) is 0 Å². The summed E-state index contributed by atoms with van der Waals surface area (Å²) >= 11 is 0.